The lowest BCUT2D eigenvalue weighted by Crippen LogP contribution is -2.31. The van der Waals surface area contributed by atoms with Gasteiger partial charge in [0.25, 0.3) is 11.7 Å². The predicted octanol–water partition coefficient (Wildman–Crippen LogP) is 5.28. The zero-order valence-electron chi connectivity index (χ0n) is 18.8. The van der Waals surface area contributed by atoms with Gasteiger partial charge in [0.1, 0.15) is 17.3 Å². The molecule has 0 radical (unpaired) electrons. The summed E-state index contributed by atoms with van der Waals surface area (Å²) in [5.74, 6) is -1.06. The van der Waals surface area contributed by atoms with Crippen molar-refractivity contribution in [3.05, 3.63) is 63.7 Å². The molecule has 170 valence electrons. The first-order valence-electron chi connectivity index (χ1n) is 10.6. The molecule has 1 saturated heterocycles. The van der Waals surface area contributed by atoms with Crippen molar-refractivity contribution >= 4 is 29.1 Å². The number of aryl methyl sites for hydroxylation is 1. The number of hydrogen-bond acceptors (Lipinski definition) is 5. The lowest BCUT2D eigenvalue weighted by molar-refractivity contribution is -0.139. The van der Waals surface area contributed by atoms with E-state index in [0.717, 1.165) is 30.4 Å². The fourth-order valence-electron chi connectivity index (χ4n) is 4.05. The molecule has 1 amide bonds. The minimum atomic E-state index is -0.719. The molecule has 3 rings (SSSR count). The first-order valence-corrected chi connectivity index (χ1v) is 11.0. The molecule has 1 aliphatic rings. The smallest absolute Gasteiger partial charge is 0.295 e. The largest absolute Gasteiger partial charge is 0.507 e. The number of benzene rings is 2. The molecule has 0 saturated carbocycles. The third kappa shape index (κ3) is 4.32. The minimum Gasteiger partial charge on any atom is -0.507 e. The monoisotopic (exact) mass is 457 g/mol. The van der Waals surface area contributed by atoms with E-state index in [1.807, 2.05) is 31.2 Å². The van der Waals surface area contributed by atoms with Gasteiger partial charge in [0.15, 0.2) is 0 Å². The predicted molar refractivity (Wildman–Crippen MR) is 124 cm³/mol. The maximum absolute atomic E-state index is 13.2. The van der Waals surface area contributed by atoms with Gasteiger partial charge >= 0.3 is 0 Å². The Kier molecular flexibility index (Phi) is 7.46. The molecule has 6 nitrogen and oxygen atoms in total. The molecule has 1 aliphatic heterocycles. The number of halogens is 1. The van der Waals surface area contributed by atoms with Crippen LogP contribution in [0.25, 0.3) is 5.76 Å². The first kappa shape index (κ1) is 23.7. The molecule has 0 aliphatic carbocycles. The molecule has 1 fully saturated rings. The van der Waals surface area contributed by atoms with Crippen LogP contribution in [0.5, 0.6) is 11.5 Å². The van der Waals surface area contributed by atoms with Crippen LogP contribution in [0.1, 0.15) is 48.9 Å². The van der Waals surface area contributed by atoms with Crippen LogP contribution in [0.2, 0.25) is 5.02 Å². The third-order valence-electron chi connectivity index (χ3n) is 5.75. The molecule has 1 atom stereocenters. The van der Waals surface area contributed by atoms with Crippen LogP contribution in [0.3, 0.4) is 0 Å². The Morgan fingerprint density at radius 1 is 1.09 bits per heavy atom. The first-order chi connectivity index (χ1) is 15.3. The fourth-order valence-corrected chi connectivity index (χ4v) is 4.28. The molecule has 1 unspecified atom stereocenters. The fraction of sp³-hybridized carbons (Fsp3) is 0.360. The Morgan fingerprint density at radius 3 is 2.41 bits per heavy atom. The topological polar surface area (TPSA) is 76.1 Å². The van der Waals surface area contributed by atoms with Gasteiger partial charge in [-0.2, -0.15) is 0 Å². The van der Waals surface area contributed by atoms with Crippen molar-refractivity contribution in [3.63, 3.8) is 0 Å². The summed E-state index contributed by atoms with van der Waals surface area (Å²) < 4.78 is 10.7. The molecule has 0 bridgehead atoms. The third-order valence-corrected chi connectivity index (χ3v) is 6.05. The number of unbranched alkanes of at least 4 members (excludes halogenated alkanes) is 2. The van der Waals surface area contributed by atoms with Gasteiger partial charge in [0.2, 0.25) is 0 Å². The Labute approximate surface area is 193 Å². The highest BCUT2D eigenvalue weighted by Gasteiger charge is 2.46. The lowest BCUT2D eigenvalue weighted by atomic mass is 9.92. The van der Waals surface area contributed by atoms with Crippen molar-refractivity contribution in [1.82, 2.24) is 4.90 Å². The van der Waals surface area contributed by atoms with Crippen molar-refractivity contribution < 1.29 is 24.2 Å². The van der Waals surface area contributed by atoms with Crippen molar-refractivity contribution in [2.75, 3.05) is 20.8 Å². The van der Waals surface area contributed by atoms with Gasteiger partial charge in [-0.15, -0.1) is 0 Å². The molecule has 2 aromatic rings. The second-order valence-electron chi connectivity index (χ2n) is 7.74. The number of ketones is 1. The lowest BCUT2D eigenvalue weighted by Gasteiger charge is -2.26. The highest BCUT2D eigenvalue weighted by molar-refractivity contribution is 6.46. The Morgan fingerprint density at radius 2 is 1.78 bits per heavy atom. The van der Waals surface area contributed by atoms with E-state index in [1.165, 1.54) is 26.4 Å². The van der Waals surface area contributed by atoms with Gasteiger partial charge in [-0.3, -0.25) is 9.59 Å². The standard InChI is InChI=1S/C25H28ClNO5/c1-5-6-9-12-27-22(16-11-8-7-10-15(16)2)21(24(29)25(27)30)23(28)17-13-20(32-4)18(26)14-19(17)31-3/h7-8,10-11,13-14,22,28H,5-6,9,12H2,1-4H3/b23-21+. The number of amides is 1. The van der Waals surface area contributed by atoms with E-state index in [2.05, 4.69) is 6.92 Å². The summed E-state index contributed by atoms with van der Waals surface area (Å²) in [5, 5.41) is 11.6. The van der Waals surface area contributed by atoms with E-state index in [0.29, 0.717) is 17.3 Å². The number of aliphatic hydroxyl groups excluding tert-OH is 1. The number of likely N-dealkylation sites (tertiary alicyclic amines) is 1. The van der Waals surface area contributed by atoms with Crippen LogP contribution in [0, 0.1) is 6.92 Å². The summed E-state index contributed by atoms with van der Waals surface area (Å²) in [4.78, 5) is 27.8. The number of Topliss-reactive ketones (excluding diaryl/α,β-unsaturated/α-hetero) is 1. The van der Waals surface area contributed by atoms with Gasteiger partial charge < -0.3 is 19.5 Å². The van der Waals surface area contributed by atoms with Crippen LogP contribution in [0.15, 0.2) is 42.0 Å². The number of aliphatic hydroxyl groups is 1. The molecule has 1 heterocycles. The Hall–Kier alpha value is -2.99. The summed E-state index contributed by atoms with van der Waals surface area (Å²) in [6, 6.07) is 9.89. The Bertz CT molecular complexity index is 1060. The van der Waals surface area contributed by atoms with Crippen LogP contribution in [-0.2, 0) is 9.59 Å². The number of carbonyl (C=O) groups excluding carboxylic acids is 2. The quantitative estimate of drug-likeness (QED) is 0.252. The molecule has 0 aromatic heterocycles. The number of carbonyl (C=O) groups is 2. The number of rotatable bonds is 8. The summed E-state index contributed by atoms with van der Waals surface area (Å²) in [5.41, 5.74) is 1.98. The summed E-state index contributed by atoms with van der Waals surface area (Å²) in [6.07, 6.45) is 2.69. The van der Waals surface area contributed by atoms with Gasteiger partial charge in [-0.05, 0) is 30.5 Å². The van der Waals surface area contributed by atoms with Crippen LogP contribution >= 0.6 is 11.6 Å². The molecule has 2 aromatic carbocycles. The van der Waals surface area contributed by atoms with E-state index < -0.39 is 17.7 Å². The zero-order valence-corrected chi connectivity index (χ0v) is 19.5. The number of hydrogen-bond donors (Lipinski definition) is 1. The molecule has 7 heteroatoms. The summed E-state index contributed by atoms with van der Waals surface area (Å²) >= 11 is 6.20. The van der Waals surface area contributed by atoms with Crippen LogP contribution in [-0.4, -0.2) is 42.5 Å². The summed E-state index contributed by atoms with van der Waals surface area (Å²) in [7, 11) is 2.90. The maximum Gasteiger partial charge on any atom is 0.295 e. The minimum absolute atomic E-state index is 0.0310. The van der Waals surface area contributed by atoms with Crippen LogP contribution < -0.4 is 9.47 Å². The van der Waals surface area contributed by atoms with Gasteiger partial charge in [0, 0.05) is 12.6 Å². The molecular formula is C25H28ClNO5. The van der Waals surface area contributed by atoms with Crippen molar-refractivity contribution in [3.8, 4) is 11.5 Å². The molecule has 1 N–H and O–H groups in total. The van der Waals surface area contributed by atoms with Crippen molar-refractivity contribution in [2.45, 2.75) is 39.2 Å². The second-order valence-corrected chi connectivity index (χ2v) is 8.15. The second kappa shape index (κ2) is 10.1. The SMILES string of the molecule is CCCCCN1C(=O)C(=O)/C(=C(/O)c2cc(OC)c(Cl)cc2OC)C1c1ccccc1C. The average molecular weight is 458 g/mol. The van der Waals surface area contributed by atoms with E-state index in [9.17, 15) is 14.7 Å². The number of methoxy groups -OCH3 is 2. The van der Waals surface area contributed by atoms with Gasteiger partial charge in [0.05, 0.1) is 36.4 Å². The molecule has 0 spiro atoms. The average Bonchev–Trinajstić information content (AvgIpc) is 3.03. The van der Waals surface area contributed by atoms with Crippen molar-refractivity contribution in [2.24, 2.45) is 0 Å². The highest BCUT2D eigenvalue weighted by atomic mass is 35.5. The van der Waals surface area contributed by atoms with E-state index in [-0.39, 0.29) is 22.6 Å². The van der Waals surface area contributed by atoms with Crippen LogP contribution in [0.4, 0.5) is 0 Å². The van der Waals surface area contributed by atoms with Crippen molar-refractivity contribution in [1.29, 1.82) is 0 Å². The van der Waals surface area contributed by atoms with E-state index in [4.69, 9.17) is 21.1 Å². The number of nitrogens with zero attached hydrogens (tertiary/aromatic N) is 1. The molecular weight excluding hydrogens is 430 g/mol. The Balaban J connectivity index is 2.24. The number of ether oxygens (including phenoxy) is 2. The maximum atomic E-state index is 13.2. The zero-order chi connectivity index (χ0) is 23.4. The highest BCUT2D eigenvalue weighted by Crippen LogP contribution is 2.43. The van der Waals surface area contributed by atoms with Gasteiger partial charge in [-0.1, -0.05) is 55.6 Å². The van der Waals surface area contributed by atoms with Gasteiger partial charge in [-0.25, -0.2) is 0 Å². The van der Waals surface area contributed by atoms with E-state index in [1.54, 1.807) is 4.90 Å². The normalized spacial score (nSPS) is 17.7. The van der Waals surface area contributed by atoms with E-state index >= 15 is 0 Å². The summed E-state index contributed by atoms with van der Waals surface area (Å²) in [6.45, 7) is 4.43. The molecule has 32 heavy (non-hydrogen) atoms.